The Hall–Kier alpha value is -1.85. The van der Waals surface area contributed by atoms with E-state index in [0.717, 1.165) is 25.9 Å². The van der Waals surface area contributed by atoms with E-state index >= 15 is 0 Å². The third-order valence-electron chi connectivity index (χ3n) is 5.20. The first-order valence-corrected chi connectivity index (χ1v) is 12.3. The Balaban J connectivity index is 1.50. The first kappa shape index (κ1) is 18.0. The lowest BCUT2D eigenvalue weighted by Gasteiger charge is -2.37. The Kier molecular flexibility index (Phi) is 5.44. The van der Waals surface area contributed by atoms with Crippen LogP contribution < -0.4 is 10.5 Å². The highest BCUT2D eigenvalue weighted by Crippen LogP contribution is 2.16. The van der Waals surface area contributed by atoms with E-state index in [4.69, 9.17) is 4.42 Å². The summed E-state index contributed by atoms with van der Waals surface area (Å²) in [6.45, 7) is 8.82. The van der Waals surface area contributed by atoms with Crippen LogP contribution >= 0.6 is 0 Å². The largest absolute Gasteiger partial charge is 0.469 e. The molecule has 4 nitrogen and oxygen atoms in total. The Morgan fingerprint density at radius 1 is 1.20 bits per heavy atom. The molecular weight excluding hydrogens is 328 g/mol. The van der Waals surface area contributed by atoms with Crippen LogP contribution in [0.25, 0.3) is 0 Å². The molecule has 0 bridgehead atoms. The number of carbonyl (C=O) groups excluding carboxylic acids is 1. The zero-order chi connectivity index (χ0) is 17.9. The molecule has 0 saturated carbocycles. The van der Waals surface area contributed by atoms with Gasteiger partial charge in [-0.2, -0.15) is 0 Å². The number of furan rings is 1. The lowest BCUT2D eigenvalue weighted by molar-refractivity contribution is 0.0913. The molecule has 1 N–H and O–H groups in total. The number of rotatable bonds is 5. The van der Waals surface area contributed by atoms with Gasteiger partial charge < -0.3 is 14.6 Å². The molecule has 1 aliphatic rings. The Bertz CT molecular complexity index is 703. The van der Waals surface area contributed by atoms with E-state index in [1.165, 1.54) is 11.4 Å². The predicted molar refractivity (Wildman–Crippen MR) is 104 cm³/mol. The van der Waals surface area contributed by atoms with Crippen molar-refractivity contribution in [2.24, 2.45) is 0 Å². The molecule has 3 rings (SSSR count). The maximum Gasteiger partial charge on any atom is 0.255 e. The van der Waals surface area contributed by atoms with E-state index in [9.17, 15) is 4.79 Å². The third-order valence-corrected chi connectivity index (χ3v) is 8.33. The molecule has 0 spiro atoms. The number of hydrogen-bond acceptors (Lipinski definition) is 3. The summed E-state index contributed by atoms with van der Waals surface area (Å²) >= 11 is 0. The summed E-state index contributed by atoms with van der Waals surface area (Å²) in [6, 6.07) is 12.9. The van der Waals surface area contributed by atoms with Gasteiger partial charge in [-0.05, 0) is 45.1 Å². The Morgan fingerprint density at radius 2 is 1.88 bits per heavy atom. The zero-order valence-corrected chi connectivity index (χ0v) is 16.4. The molecule has 2 aromatic rings. The van der Waals surface area contributed by atoms with Gasteiger partial charge in [-0.15, -0.1) is 0 Å². The highest BCUT2D eigenvalue weighted by Gasteiger charge is 2.29. The van der Waals surface area contributed by atoms with E-state index in [0.29, 0.717) is 11.3 Å². The molecule has 1 saturated heterocycles. The molecule has 2 heterocycles. The standard InChI is InChI=1S/C20H28N2O2Si/c1-16-19(11-14-24-16)20(23)21-17-9-12-22(13-10-17)15-25(2,3)18-7-5-4-6-8-18/h4-8,11,14,17H,9-10,12-13,15H2,1-3H3,(H,21,23). The smallest absolute Gasteiger partial charge is 0.255 e. The van der Waals surface area contributed by atoms with Crippen molar-refractivity contribution in [2.75, 3.05) is 19.3 Å². The van der Waals surface area contributed by atoms with Gasteiger partial charge in [0.25, 0.3) is 5.91 Å². The van der Waals surface area contributed by atoms with Gasteiger partial charge in [-0.1, -0.05) is 48.6 Å². The molecule has 25 heavy (non-hydrogen) atoms. The second kappa shape index (κ2) is 7.58. The van der Waals surface area contributed by atoms with Gasteiger partial charge >= 0.3 is 0 Å². The van der Waals surface area contributed by atoms with Crippen molar-refractivity contribution in [1.29, 1.82) is 0 Å². The summed E-state index contributed by atoms with van der Waals surface area (Å²) in [5.74, 6) is 0.675. The van der Waals surface area contributed by atoms with E-state index in [-0.39, 0.29) is 11.9 Å². The summed E-state index contributed by atoms with van der Waals surface area (Å²) in [7, 11) is -1.45. The van der Waals surface area contributed by atoms with Gasteiger partial charge in [-0.25, -0.2) is 0 Å². The normalized spacial score (nSPS) is 16.8. The molecule has 0 unspecified atom stereocenters. The van der Waals surface area contributed by atoms with Crippen molar-refractivity contribution in [1.82, 2.24) is 10.2 Å². The predicted octanol–water partition coefficient (Wildman–Crippen LogP) is 2.94. The van der Waals surface area contributed by atoms with Gasteiger partial charge in [0.1, 0.15) is 5.76 Å². The fourth-order valence-electron chi connectivity index (χ4n) is 3.66. The van der Waals surface area contributed by atoms with Gasteiger partial charge in [0, 0.05) is 6.04 Å². The van der Waals surface area contributed by atoms with Crippen molar-refractivity contribution < 1.29 is 9.21 Å². The van der Waals surface area contributed by atoms with Crippen LogP contribution in [0.4, 0.5) is 0 Å². The van der Waals surface area contributed by atoms with Crippen molar-refractivity contribution in [2.45, 2.75) is 38.9 Å². The van der Waals surface area contributed by atoms with E-state index in [1.54, 1.807) is 12.3 Å². The van der Waals surface area contributed by atoms with Crippen LogP contribution in [-0.2, 0) is 0 Å². The van der Waals surface area contributed by atoms with Crippen LogP contribution in [0.2, 0.25) is 13.1 Å². The van der Waals surface area contributed by atoms with E-state index in [1.807, 2.05) is 6.92 Å². The second-order valence-electron chi connectivity index (χ2n) is 7.66. The summed E-state index contributed by atoms with van der Waals surface area (Å²) in [5, 5.41) is 4.68. The van der Waals surface area contributed by atoms with Crippen molar-refractivity contribution in [3.8, 4) is 0 Å². The minimum absolute atomic E-state index is 0.0105. The first-order chi connectivity index (χ1) is 12.0. The number of amides is 1. The zero-order valence-electron chi connectivity index (χ0n) is 15.4. The first-order valence-electron chi connectivity index (χ1n) is 9.08. The van der Waals surface area contributed by atoms with E-state index < -0.39 is 8.07 Å². The summed E-state index contributed by atoms with van der Waals surface area (Å²) in [6.07, 6.45) is 4.78. The van der Waals surface area contributed by atoms with Gasteiger partial charge in [0.2, 0.25) is 0 Å². The monoisotopic (exact) mass is 356 g/mol. The molecule has 1 amide bonds. The molecule has 134 valence electrons. The maximum absolute atomic E-state index is 12.3. The average molecular weight is 357 g/mol. The fraction of sp³-hybridized carbons (Fsp3) is 0.450. The molecule has 1 aromatic heterocycles. The molecule has 1 aliphatic heterocycles. The third kappa shape index (κ3) is 4.41. The number of nitrogens with zero attached hydrogens (tertiary/aromatic N) is 1. The van der Waals surface area contributed by atoms with Gasteiger partial charge in [0.05, 0.1) is 19.9 Å². The number of aryl methyl sites for hydroxylation is 1. The van der Waals surface area contributed by atoms with Crippen molar-refractivity contribution in [3.63, 3.8) is 0 Å². The molecule has 1 fully saturated rings. The molecular formula is C20H28N2O2Si. The number of piperidine rings is 1. The topological polar surface area (TPSA) is 45.5 Å². The Morgan fingerprint density at radius 3 is 2.48 bits per heavy atom. The van der Waals surface area contributed by atoms with Crippen LogP contribution in [0.15, 0.2) is 47.1 Å². The Labute approximate surface area is 151 Å². The molecule has 5 heteroatoms. The minimum atomic E-state index is -1.45. The number of hydrogen-bond donors (Lipinski definition) is 1. The molecule has 0 radical (unpaired) electrons. The molecule has 0 atom stereocenters. The van der Waals surface area contributed by atoms with Crippen molar-refractivity contribution >= 4 is 19.2 Å². The lowest BCUT2D eigenvalue weighted by Crippen LogP contribution is -2.55. The average Bonchev–Trinajstić information content (AvgIpc) is 3.03. The number of nitrogens with one attached hydrogen (secondary N) is 1. The van der Waals surface area contributed by atoms with Crippen LogP contribution in [0.5, 0.6) is 0 Å². The van der Waals surface area contributed by atoms with Gasteiger partial charge in [-0.3, -0.25) is 4.79 Å². The highest BCUT2D eigenvalue weighted by molar-refractivity contribution is 6.89. The number of likely N-dealkylation sites (tertiary alicyclic amines) is 1. The van der Waals surface area contributed by atoms with Crippen LogP contribution in [-0.4, -0.2) is 44.2 Å². The number of carbonyl (C=O) groups is 1. The fourth-order valence-corrected chi connectivity index (χ4v) is 6.37. The van der Waals surface area contributed by atoms with Crippen LogP contribution in [0, 0.1) is 6.92 Å². The summed E-state index contributed by atoms with van der Waals surface area (Å²) in [4.78, 5) is 14.9. The summed E-state index contributed by atoms with van der Waals surface area (Å²) < 4.78 is 5.22. The van der Waals surface area contributed by atoms with Crippen molar-refractivity contribution in [3.05, 3.63) is 54.0 Å². The molecule has 0 aliphatic carbocycles. The number of benzene rings is 1. The maximum atomic E-state index is 12.3. The lowest BCUT2D eigenvalue weighted by atomic mass is 10.1. The molecule has 1 aromatic carbocycles. The highest BCUT2D eigenvalue weighted by atomic mass is 28.3. The van der Waals surface area contributed by atoms with Crippen LogP contribution in [0.3, 0.4) is 0 Å². The second-order valence-corrected chi connectivity index (χ2v) is 12.3. The quantitative estimate of drug-likeness (QED) is 0.838. The SMILES string of the molecule is Cc1occc1C(=O)NC1CCN(C[Si](C)(C)c2ccccc2)CC1. The van der Waals surface area contributed by atoms with E-state index in [2.05, 4.69) is 53.6 Å². The summed E-state index contributed by atoms with van der Waals surface area (Å²) in [5.41, 5.74) is 0.653. The van der Waals surface area contributed by atoms with Crippen LogP contribution in [0.1, 0.15) is 29.0 Å². The van der Waals surface area contributed by atoms with Gasteiger partial charge in [0.15, 0.2) is 0 Å². The minimum Gasteiger partial charge on any atom is -0.469 e.